The van der Waals surface area contributed by atoms with Gasteiger partial charge in [0.05, 0.1) is 0 Å². The summed E-state index contributed by atoms with van der Waals surface area (Å²) in [5.74, 6) is 1.71. The van der Waals surface area contributed by atoms with Crippen LogP contribution in [-0.2, 0) is 18.4 Å². The summed E-state index contributed by atoms with van der Waals surface area (Å²) in [6, 6.07) is 15.7. The van der Waals surface area contributed by atoms with E-state index >= 15 is 0 Å². The maximum absolute atomic E-state index is 9.82. The zero-order chi connectivity index (χ0) is 17.6. The molecule has 1 spiro atoms. The van der Waals surface area contributed by atoms with E-state index in [9.17, 15) is 5.11 Å². The van der Waals surface area contributed by atoms with Gasteiger partial charge in [-0.05, 0) is 36.1 Å². The van der Waals surface area contributed by atoms with Gasteiger partial charge in [0.15, 0.2) is 0 Å². The van der Waals surface area contributed by atoms with Crippen LogP contribution in [0.15, 0.2) is 53.1 Å². The number of rotatable bonds is 4. The highest BCUT2D eigenvalue weighted by molar-refractivity contribution is 5.53. The van der Waals surface area contributed by atoms with Crippen LogP contribution in [0.2, 0.25) is 0 Å². The summed E-state index contributed by atoms with van der Waals surface area (Å²) in [5, 5.41) is 13.9. The average molecular weight is 347 g/mol. The lowest BCUT2D eigenvalue weighted by molar-refractivity contribution is 0.215. The minimum Gasteiger partial charge on any atom is -0.508 e. The standard InChI is InChI=1S/C21H21N3O2/c25-17-7-6-16-13-24(14-21(9-10-21)18(16)12-17)11-8-19-22-20(23-26-19)15-4-2-1-3-5-15/h1-7,12,25H,8-11,13-14H2. The lowest BCUT2D eigenvalue weighted by Crippen LogP contribution is -2.38. The first-order valence-corrected chi connectivity index (χ1v) is 9.15. The van der Waals surface area contributed by atoms with Crippen molar-refractivity contribution in [3.05, 3.63) is 65.5 Å². The molecule has 1 saturated carbocycles. The van der Waals surface area contributed by atoms with Gasteiger partial charge in [0.2, 0.25) is 11.7 Å². The normalized spacial score (nSPS) is 18.0. The van der Waals surface area contributed by atoms with E-state index in [-0.39, 0.29) is 5.41 Å². The number of phenolic OH excluding ortho intramolecular Hbond substituents is 1. The van der Waals surface area contributed by atoms with Crippen LogP contribution < -0.4 is 0 Å². The molecular formula is C21H21N3O2. The van der Waals surface area contributed by atoms with Crippen LogP contribution in [0.3, 0.4) is 0 Å². The highest BCUT2D eigenvalue weighted by atomic mass is 16.5. The Morgan fingerprint density at radius 2 is 1.96 bits per heavy atom. The first-order valence-electron chi connectivity index (χ1n) is 9.15. The van der Waals surface area contributed by atoms with E-state index < -0.39 is 0 Å². The SMILES string of the molecule is Oc1ccc2c(c1)C1(CC1)CN(CCc1nc(-c3ccccc3)no1)C2. The fraction of sp³-hybridized carbons (Fsp3) is 0.333. The number of nitrogens with zero attached hydrogens (tertiary/aromatic N) is 3. The minimum absolute atomic E-state index is 0.246. The second-order valence-electron chi connectivity index (χ2n) is 7.46. The monoisotopic (exact) mass is 347 g/mol. The van der Waals surface area contributed by atoms with Crippen LogP contribution >= 0.6 is 0 Å². The number of fused-ring (bicyclic) bond motifs is 2. The third kappa shape index (κ3) is 2.78. The first kappa shape index (κ1) is 15.6. The third-order valence-corrected chi connectivity index (χ3v) is 5.58. The predicted octanol–water partition coefficient (Wildman–Crippen LogP) is 3.53. The Hall–Kier alpha value is -2.66. The number of aromatic nitrogens is 2. The van der Waals surface area contributed by atoms with Gasteiger partial charge in [0, 0.05) is 37.0 Å². The number of hydrogen-bond donors (Lipinski definition) is 1. The highest BCUT2D eigenvalue weighted by Crippen LogP contribution is 2.52. The second kappa shape index (κ2) is 5.95. The molecule has 5 rings (SSSR count). The molecule has 5 heteroatoms. The Bertz CT molecular complexity index is 931. The van der Waals surface area contributed by atoms with E-state index in [0.29, 0.717) is 17.5 Å². The van der Waals surface area contributed by atoms with E-state index in [1.54, 1.807) is 6.07 Å². The van der Waals surface area contributed by atoms with Gasteiger partial charge in [0.25, 0.3) is 0 Å². The van der Waals surface area contributed by atoms with Crippen molar-refractivity contribution in [3.8, 4) is 17.1 Å². The molecule has 5 nitrogen and oxygen atoms in total. The van der Waals surface area contributed by atoms with Gasteiger partial charge >= 0.3 is 0 Å². The molecule has 1 fully saturated rings. The summed E-state index contributed by atoms with van der Waals surface area (Å²) < 4.78 is 5.44. The Labute approximate surface area is 152 Å². The number of phenols is 1. The maximum Gasteiger partial charge on any atom is 0.228 e. The van der Waals surface area contributed by atoms with Gasteiger partial charge in [-0.1, -0.05) is 41.6 Å². The van der Waals surface area contributed by atoms with Crippen LogP contribution in [0.25, 0.3) is 11.4 Å². The lowest BCUT2D eigenvalue weighted by atomic mass is 9.86. The van der Waals surface area contributed by atoms with Crippen LogP contribution in [0.5, 0.6) is 5.75 Å². The van der Waals surface area contributed by atoms with E-state index in [2.05, 4.69) is 21.1 Å². The van der Waals surface area contributed by atoms with Crippen molar-refractivity contribution < 1.29 is 9.63 Å². The van der Waals surface area contributed by atoms with Crippen molar-refractivity contribution in [2.75, 3.05) is 13.1 Å². The lowest BCUT2D eigenvalue weighted by Gasteiger charge is -2.35. The van der Waals surface area contributed by atoms with Crippen molar-refractivity contribution in [3.63, 3.8) is 0 Å². The third-order valence-electron chi connectivity index (χ3n) is 5.58. The molecule has 2 heterocycles. The van der Waals surface area contributed by atoms with Crippen molar-refractivity contribution in [2.24, 2.45) is 0 Å². The minimum atomic E-state index is 0.246. The van der Waals surface area contributed by atoms with Gasteiger partial charge in [-0.15, -0.1) is 0 Å². The maximum atomic E-state index is 9.82. The van der Waals surface area contributed by atoms with E-state index in [1.807, 2.05) is 36.4 Å². The van der Waals surface area contributed by atoms with Crippen LogP contribution in [0.4, 0.5) is 0 Å². The number of aromatic hydroxyl groups is 1. The molecular weight excluding hydrogens is 326 g/mol. The summed E-state index contributed by atoms with van der Waals surface area (Å²) in [6.07, 6.45) is 3.17. The average Bonchev–Trinajstić information content (AvgIpc) is 3.27. The Kier molecular flexibility index (Phi) is 3.57. The van der Waals surface area contributed by atoms with Gasteiger partial charge in [0.1, 0.15) is 5.75 Å². The molecule has 1 aliphatic carbocycles. The second-order valence-corrected chi connectivity index (χ2v) is 7.46. The van der Waals surface area contributed by atoms with Crippen molar-refractivity contribution in [2.45, 2.75) is 31.2 Å². The van der Waals surface area contributed by atoms with Gasteiger partial charge in [-0.25, -0.2) is 0 Å². The molecule has 0 radical (unpaired) electrons. The quantitative estimate of drug-likeness (QED) is 0.782. The molecule has 0 saturated heterocycles. The Morgan fingerprint density at radius 3 is 2.77 bits per heavy atom. The van der Waals surface area contributed by atoms with Crippen LogP contribution in [-0.4, -0.2) is 33.2 Å². The summed E-state index contributed by atoms with van der Waals surface area (Å²) in [6.45, 7) is 2.86. The molecule has 0 amide bonds. The molecule has 26 heavy (non-hydrogen) atoms. The van der Waals surface area contributed by atoms with Crippen molar-refractivity contribution in [1.82, 2.24) is 15.0 Å². The Balaban J connectivity index is 1.28. The topological polar surface area (TPSA) is 62.4 Å². The van der Waals surface area contributed by atoms with E-state index in [0.717, 1.165) is 31.6 Å². The fourth-order valence-corrected chi connectivity index (χ4v) is 4.06. The highest BCUT2D eigenvalue weighted by Gasteiger charge is 2.49. The molecule has 2 aromatic carbocycles. The van der Waals surface area contributed by atoms with Crippen molar-refractivity contribution >= 4 is 0 Å². The summed E-state index contributed by atoms with van der Waals surface area (Å²) in [4.78, 5) is 7.01. The number of hydrogen-bond acceptors (Lipinski definition) is 5. The number of benzene rings is 2. The summed E-state index contributed by atoms with van der Waals surface area (Å²) in [7, 11) is 0. The predicted molar refractivity (Wildman–Crippen MR) is 97.7 cm³/mol. The molecule has 1 aliphatic heterocycles. The van der Waals surface area contributed by atoms with Crippen LogP contribution in [0, 0.1) is 0 Å². The summed E-state index contributed by atoms with van der Waals surface area (Å²) >= 11 is 0. The molecule has 2 aliphatic rings. The van der Waals surface area contributed by atoms with Gasteiger partial charge in [-0.3, -0.25) is 4.90 Å². The molecule has 3 aromatic rings. The van der Waals surface area contributed by atoms with E-state index in [1.165, 1.54) is 24.0 Å². The van der Waals surface area contributed by atoms with Gasteiger partial charge < -0.3 is 9.63 Å². The first-order chi connectivity index (χ1) is 12.7. The zero-order valence-electron chi connectivity index (χ0n) is 14.6. The Morgan fingerprint density at radius 1 is 1.12 bits per heavy atom. The molecule has 0 bridgehead atoms. The smallest absolute Gasteiger partial charge is 0.228 e. The van der Waals surface area contributed by atoms with Gasteiger partial charge in [-0.2, -0.15) is 4.98 Å². The molecule has 132 valence electrons. The van der Waals surface area contributed by atoms with Crippen molar-refractivity contribution in [1.29, 1.82) is 0 Å². The molecule has 0 unspecified atom stereocenters. The molecule has 0 atom stereocenters. The molecule has 1 aromatic heterocycles. The molecule has 1 N–H and O–H groups in total. The van der Waals surface area contributed by atoms with Crippen LogP contribution in [0.1, 0.15) is 29.9 Å². The largest absolute Gasteiger partial charge is 0.508 e. The summed E-state index contributed by atoms with van der Waals surface area (Å²) in [5.41, 5.74) is 3.90. The zero-order valence-corrected chi connectivity index (χ0v) is 14.6. The fourth-order valence-electron chi connectivity index (χ4n) is 4.06. The van der Waals surface area contributed by atoms with E-state index in [4.69, 9.17) is 4.52 Å².